The van der Waals surface area contributed by atoms with Gasteiger partial charge >= 0.3 is 0 Å². The first-order chi connectivity index (χ1) is 10.2. The summed E-state index contributed by atoms with van der Waals surface area (Å²) in [6, 6.07) is 9.01. The van der Waals surface area contributed by atoms with Crippen molar-refractivity contribution < 1.29 is 0 Å². The molecule has 3 rings (SSSR count). The highest BCUT2D eigenvalue weighted by Gasteiger charge is 2.20. The third-order valence-corrected chi connectivity index (χ3v) is 4.01. The molecule has 0 aliphatic heterocycles. The molecule has 110 valence electrons. The van der Waals surface area contributed by atoms with Crippen LogP contribution in [-0.4, -0.2) is 23.1 Å². The summed E-state index contributed by atoms with van der Waals surface area (Å²) in [5.41, 5.74) is 2.37. The Bertz CT molecular complexity index is 595. The molecule has 21 heavy (non-hydrogen) atoms. The summed E-state index contributed by atoms with van der Waals surface area (Å²) >= 11 is 3.50. The number of halogens is 1. The van der Waals surface area contributed by atoms with Gasteiger partial charge in [-0.25, -0.2) is 9.97 Å². The predicted octanol–water partition coefficient (Wildman–Crippen LogP) is 3.13. The van der Waals surface area contributed by atoms with Crippen molar-refractivity contribution in [1.82, 2.24) is 15.3 Å². The van der Waals surface area contributed by atoms with E-state index in [9.17, 15) is 0 Å². The van der Waals surface area contributed by atoms with E-state index in [2.05, 4.69) is 48.2 Å². The summed E-state index contributed by atoms with van der Waals surface area (Å²) in [7, 11) is 2.01. The fourth-order valence-electron chi connectivity index (χ4n) is 2.17. The summed E-state index contributed by atoms with van der Waals surface area (Å²) in [6.45, 7) is 1.65. The summed E-state index contributed by atoms with van der Waals surface area (Å²) in [4.78, 5) is 11.0. The third-order valence-electron chi connectivity index (χ3n) is 3.51. The van der Waals surface area contributed by atoms with E-state index < -0.39 is 0 Å². The Morgan fingerprint density at radius 2 is 2.00 bits per heavy atom. The lowest BCUT2D eigenvalue weighted by molar-refractivity contribution is 0.682. The standard InChI is InChI=1S/C16H19BrN4/c1-21(11-12-3-2-4-14(17)7-12)16-19-9-13(10-20-16)8-18-15-5-6-15/h2-4,7,9-10,15,18H,5-6,8,11H2,1H3. The maximum atomic E-state index is 4.46. The number of aromatic nitrogens is 2. The number of nitrogens with one attached hydrogen (secondary N) is 1. The summed E-state index contributed by atoms with van der Waals surface area (Å²) in [5.74, 6) is 0.755. The van der Waals surface area contributed by atoms with Crippen LogP contribution in [0.15, 0.2) is 41.1 Å². The molecule has 0 unspecified atom stereocenters. The van der Waals surface area contributed by atoms with Crippen LogP contribution in [0.1, 0.15) is 24.0 Å². The van der Waals surface area contributed by atoms with Crippen LogP contribution >= 0.6 is 15.9 Å². The SMILES string of the molecule is CN(Cc1cccc(Br)c1)c1ncc(CNC2CC2)cn1. The van der Waals surface area contributed by atoms with Crippen molar-refractivity contribution in [2.24, 2.45) is 0 Å². The molecule has 0 radical (unpaired) electrons. The van der Waals surface area contributed by atoms with Gasteiger partial charge in [0.25, 0.3) is 0 Å². The second kappa shape index (κ2) is 6.54. The van der Waals surface area contributed by atoms with Gasteiger partial charge < -0.3 is 10.2 Å². The average Bonchev–Trinajstić information content (AvgIpc) is 3.30. The van der Waals surface area contributed by atoms with Crippen molar-refractivity contribution in [2.45, 2.75) is 32.0 Å². The number of anilines is 1. The Kier molecular flexibility index (Phi) is 4.51. The molecule has 1 aromatic carbocycles. The van der Waals surface area contributed by atoms with Gasteiger partial charge in [-0.3, -0.25) is 0 Å². The largest absolute Gasteiger partial charge is 0.340 e. The minimum atomic E-state index is 0.712. The Morgan fingerprint density at radius 1 is 1.24 bits per heavy atom. The fourth-order valence-corrected chi connectivity index (χ4v) is 2.61. The number of benzene rings is 1. The molecule has 0 atom stereocenters. The quantitative estimate of drug-likeness (QED) is 0.872. The fraction of sp³-hybridized carbons (Fsp3) is 0.375. The molecule has 1 aromatic heterocycles. The number of hydrogen-bond donors (Lipinski definition) is 1. The van der Waals surface area contributed by atoms with Gasteiger partial charge in [0.05, 0.1) is 0 Å². The predicted molar refractivity (Wildman–Crippen MR) is 88.1 cm³/mol. The molecule has 1 aliphatic carbocycles. The molecule has 1 N–H and O–H groups in total. The van der Waals surface area contributed by atoms with Gasteiger partial charge in [0.15, 0.2) is 0 Å². The van der Waals surface area contributed by atoms with Gasteiger partial charge in [0.2, 0.25) is 5.95 Å². The maximum Gasteiger partial charge on any atom is 0.225 e. The minimum absolute atomic E-state index is 0.712. The molecular weight excluding hydrogens is 328 g/mol. The van der Waals surface area contributed by atoms with Crippen LogP contribution in [-0.2, 0) is 13.1 Å². The van der Waals surface area contributed by atoms with Gasteiger partial charge in [-0.15, -0.1) is 0 Å². The zero-order valence-electron chi connectivity index (χ0n) is 12.1. The smallest absolute Gasteiger partial charge is 0.225 e. The van der Waals surface area contributed by atoms with Gasteiger partial charge in [0, 0.05) is 48.6 Å². The van der Waals surface area contributed by atoms with Gasteiger partial charge in [0.1, 0.15) is 0 Å². The van der Waals surface area contributed by atoms with Gasteiger partial charge in [-0.05, 0) is 30.5 Å². The van der Waals surface area contributed by atoms with Gasteiger partial charge in [-0.2, -0.15) is 0 Å². The molecule has 1 heterocycles. The topological polar surface area (TPSA) is 41.1 Å². The zero-order chi connectivity index (χ0) is 14.7. The van der Waals surface area contributed by atoms with E-state index in [0.29, 0.717) is 6.04 Å². The second-order valence-corrected chi connectivity index (χ2v) is 6.45. The highest BCUT2D eigenvalue weighted by atomic mass is 79.9. The van der Waals surface area contributed by atoms with Crippen molar-refractivity contribution in [3.05, 3.63) is 52.3 Å². The van der Waals surface area contributed by atoms with E-state index in [1.165, 1.54) is 18.4 Å². The van der Waals surface area contributed by atoms with Crippen LogP contribution in [0, 0.1) is 0 Å². The average molecular weight is 347 g/mol. The van der Waals surface area contributed by atoms with E-state index in [1.54, 1.807) is 0 Å². The number of hydrogen-bond acceptors (Lipinski definition) is 4. The van der Waals surface area contributed by atoms with Crippen LogP contribution in [0.2, 0.25) is 0 Å². The molecule has 0 saturated heterocycles. The van der Waals surface area contributed by atoms with Crippen LogP contribution in [0.3, 0.4) is 0 Å². The maximum absolute atomic E-state index is 4.46. The molecule has 0 amide bonds. The zero-order valence-corrected chi connectivity index (χ0v) is 13.7. The number of rotatable bonds is 6. The van der Waals surface area contributed by atoms with Gasteiger partial charge in [-0.1, -0.05) is 28.1 Å². The molecule has 4 nitrogen and oxygen atoms in total. The Hall–Kier alpha value is -1.46. The Balaban J connectivity index is 1.59. The summed E-state index contributed by atoms with van der Waals surface area (Å²) in [6.07, 6.45) is 6.42. The monoisotopic (exact) mass is 346 g/mol. The Morgan fingerprint density at radius 3 is 2.67 bits per heavy atom. The summed E-state index contributed by atoms with van der Waals surface area (Å²) < 4.78 is 1.09. The first kappa shape index (κ1) is 14.5. The lowest BCUT2D eigenvalue weighted by Crippen LogP contribution is -2.20. The van der Waals surface area contributed by atoms with Crippen molar-refractivity contribution in [3.63, 3.8) is 0 Å². The van der Waals surface area contributed by atoms with Crippen molar-refractivity contribution in [3.8, 4) is 0 Å². The van der Waals surface area contributed by atoms with Crippen LogP contribution < -0.4 is 10.2 Å². The first-order valence-corrected chi connectivity index (χ1v) is 8.00. The van der Waals surface area contributed by atoms with E-state index in [4.69, 9.17) is 0 Å². The van der Waals surface area contributed by atoms with Crippen LogP contribution in [0.25, 0.3) is 0 Å². The molecule has 0 spiro atoms. The van der Waals surface area contributed by atoms with E-state index >= 15 is 0 Å². The first-order valence-electron chi connectivity index (χ1n) is 7.20. The van der Waals surface area contributed by atoms with Crippen molar-refractivity contribution in [2.75, 3.05) is 11.9 Å². The summed E-state index contributed by atoms with van der Waals surface area (Å²) in [5, 5.41) is 3.47. The highest BCUT2D eigenvalue weighted by molar-refractivity contribution is 9.10. The van der Waals surface area contributed by atoms with E-state index in [0.717, 1.165) is 29.1 Å². The van der Waals surface area contributed by atoms with Crippen molar-refractivity contribution in [1.29, 1.82) is 0 Å². The molecule has 1 aliphatic rings. The molecule has 0 bridgehead atoms. The number of nitrogens with zero attached hydrogens (tertiary/aromatic N) is 3. The molecule has 5 heteroatoms. The molecular formula is C16H19BrN4. The Labute approximate surface area is 133 Å². The van der Waals surface area contributed by atoms with Crippen LogP contribution in [0.4, 0.5) is 5.95 Å². The van der Waals surface area contributed by atoms with E-state index in [1.807, 2.05) is 31.6 Å². The van der Waals surface area contributed by atoms with E-state index in [-0.39, 0.29) is 0 Å². The molecule has 2 aromatic rings. The minimum Gasteiger partial charge on any atom is -0.340 e. The third kappa shape index (κ3) is 4.25. The van der Waals surface area contributed by atoms with Crippen LogP contribution in [0.5, 0.6) is 0 Å². The lowest BCUT2D eigenvalue weighted by atomic mass is 10.2. The highest BCUT2D eigenvalue weighted by Crippen LogP contribution is 2.19. The lowest BCUT2D eigenvalue weighted by Gasteiger charge is -2.17. The van der Waals surface area contributed by atoms with Crippen molar-refractivity contribution >= 4 is 21.9 Å². The molecule has 1 saturated carbocycles. The molecule has 1 fully saturated rings. The normalized spacial score (nSPS) is 14.2. The second-order valence-electron chi connectivity index (χ2n) is 5.53.